The number of rotatable bonds is 8. The summed E-state index contributed by atoms with van der Waals surface area (Å²) in [5, 5.41) is 2.99. The number of amides is 1. The monoisotopic (exact) mass is 333 g/mol. The highest BCUT2D eigenvalue weighted by molar-refractivity contribution is 5.97. The first kappa shape index (κ1) is 18.8. The minimum atomic E-state index is -0.781. The van der Waals surface area contributed by atoms with E-state index < -0.39 is 5.60 Å². The highest BCUT2D eigenvalue weighted by atomic mass is 16.5. The second-order valence-corrected chi connectivity index (χ2v) is 6.87. The molecule has 1 atom stereocenters. The topological polar surface area (TPSA) is 47.6 Å². The van der Waals surface area contributed by atoms with Crippen molar-refractivity contribution in [2.45, 2.75) is 77.9 Å². The van der Waals surface area contributed by atoms with E-state index in [0.29, 0.717) is 19.1 Å². The second-order valence-electron chi connectivity index (χ2n) is 6.87. The van der Waals surface area contributed by atoms with Crippen molar-refractivity contribution in [3.63, 3.8) is 0 Å². The maximum absolute atomic E-state index is 12.6. The molecular weight excluding hydrogens is 302 g/mol. The molecule has 1 fully saturated rings. The number of anilines is 1. The van der Waals surface area contributed by atoms with E-state index in [1.54, 1.807) is 0 Å². The zero-order valence-electron chi connectivity index (χ0n) is 15.5. The van der Waals surface area contributed by atoms with E-state index in [1.165, 1.54) is 12.8 Å². The van der Waals surface area contributed by atoms with E-state index in [2.05, 4.69) is 12.2 Å². The van der Waals surface area contributed by atoms with Crippen molar-refractivity contribution < 1.29 is 14.3 Å². The summed E-state index contributed by atoms with van der Waals surface area (Å²) in [6, 6.07) is 5.84. The minimum Gasteiger partial charge on any atom is -0.490 e. The molecule has 1 aromatic carbocycles. The molecule has 24 heavy (non-hydrogen) atoms. The molecule has 1 aliphatic rings. The second kappa shape index (κ2) is 8.52. The largest absolute Gasteiger partial charge is 0.490 e. The van der Waals surface area contributed by atoms with Crippen LogP contribution in [0, 0.1) is 6.92 Å². The van der Waals surface area contributed by atoms with Gasteiger partial charge in [-0.05, 0) is 76.6 Å². The SMILES string of the molecule is CCC[C@](C)(OCC)C(=O)Nc1ccc(OC2CCCC2)c(C)c1. The van der Waals surface area contributed by atoms with Crippen LogP contribution in [-0.2, 0) is 9.53 Å². The molecule has 2 rings (SSSR count). The van der Waals surface area contributed by atoms with Gasteiger partial charge in [-0.1, -0.05) is 13.3 Å². The summed E-state index contributed by atoms with van der Waals surface area (Å²) in [7, 11) is 0. The van der Waals surface area contributed by atoms with Gasteiger partial charge in [0.2, 0.25) is 0 Å². The zero-order chi connectivity index (χ0) is 17.6. The molecule has 4 heteroatoms. The van der Waals surface area contributed by atoms with Gasteiger partial charge >= 0.3 is 0 Å². The van der Waals surface area contributed by atoms with Crippen LogP contribution in [-0.4, -0.2) is 24.2 Å². The first-order valence-electron chi connectivity index (χ1n) is 9.21. The number of hydrogen-bond acceptors (Lipinski definition) is 3. The number of carbonyl (C=O) groups excluding carboxylic acids is 1. The fourth-order valence-corrected chi connectivity index (χ4v) is 3.36. The fraction of sp³-hybridized carbons (Fsp3) is 0.650. The third kappa shape index (κ3) is 4.73. The molecule has 0 radical (unpaired) electrons. The minimum absolute atomic E-state index is 0.0879. The van der Waals surface area contributed by atoms with Crippen LogP contribution in [0.3, 0.4) is 0 Å². The van der Waals surface area contributed by atoms with E-state index in [9.17, 15) is 4.79 Å². The van der Waals surface area contributed by atoms with Crippen LogP contribution >= 0.6 is 0 Å². The molecule has 134 valence electrons. The van der Waals surface area contributed by atoms with E-state index >= 15 is 0 Å². The molecular formula is C20H31NO3. The first-order valence-corrected chi connectivity index (χ1v) is 9.21. The molecule has 1 N–H and O–H groups in total. The van der Waals surface area contributed by atoms with Gasteiger partial charge in [0.05, 0.1) is 6.10 Å². The Morgan fingerprint density at radius 3 is 2.58 bits per heavy atom. The lowest BCUT2D eigenvalue weighted by molar-refractivity contribution is -0.139. The lowest BCUT2D eigenvalue weighted by Gasteiger charge is -2.28. The average molecular weight is 333 g/mol. The van der Waals surface area contributed by atoms with Crippen molar-refractivity contribution in [3.05, 3.63) is 23.8 Å². The van der Waals surface area contributed by atoms with Crippen LogP contribution in [0.15, 0.2) is 18.2 Å². The Kier molecular flexibility index (Phi) is 6.67. The smallest absolute Gasteiger partial charge is 0.256 e. The Bertz CT molecular complexity index is 544. The molecule has 0 aliphatic heterocycles. The molecule has 0 spiro atoms. The van der Waals surface area contributed by atoms with Crippen LogP contribution in [0.5, 0.6) is 5.75 Å². The molecule has 0 heterocycles. The summed E-state index contributed by atoms with van der Waals surface area (Å²) in [6.07, 6.45) is 6.74. The predicted octanol–water partition coefficient (Wildman–Crippen LogP) is 4.85. The van der Waals surface area contributed by atoms with Crippen molar-refractivity contribution in [3.8, 4) is 5.75 Å². The van der Waals surface area contributed by atoms with Gasteiger partial charge in [-0.3, -0.25) is 4.79 Å². The van der Waals surface area contributed by atoms with E-state index in [1.807, 2.05) is 39.0 Å². The standard InChI is InChI=1S/C20H31NO3/c1-5-13-20(4,23-6-2)19(22)21-16-11-12-18(15(3)14-16)24-17-9-7-8-10-17/h11-12,14,17H,5-10,13H2,1-4H3,(H,21,22)/t20-/m0/s1. The van der Waals surface area contributed by atoms with Crippen molar-refractivity contribution in [1.82, 2.24) is 0 Å². The van der Waals surface area contributed by atoms with Gasteiger partial charge in [-0.15, -0.1) is 0 Å². The van der Waals surface area contributed by atoms with Crippen molar-refractivity contribution in [2.75, 3.05) is 11.9 Å². The molecule has 0 aromatic heterocycles. The molecule has 1 saturated carbocycles. The van der Waals surface area contributed by atoms with Crippen LogP contribution in [0.1, 0.15) is 64.9 Å². The Labute approximate surface area is 145 Å². The molecule has 1 amide bonds. The normalized spacial score (nSPS) is 17.5. The van der Waals surface area contributed by atoms with Gasteiger partial charge < -0.3 is 14.8 Å². The van der Waals surface area contributed by atoms with Gasteiger partial charge in [-0.2, -0.15) is 0 Å². The number of benzene rings is 1. The lowest BCUT2D eigenvalue weighted by Crippen LogP contribution is -2.42. The lowest BCUT2D eigenvalue weighted by atomic mass is 9.99. The van der Waals surface area contributed by atoms with Crippen LogP contribution in [0.25, 0.3) is 0 Å². The van der Waals surface area contributed by atoms with Gasteiger partial charge in [-0.25, -0.2) is 0 Å². The van der Waals surface area contributed by atoms with E-state index in [-0.39, 0.29) is 5.91 Å². The maximum Gasteiger partial charge on any atom is 0.256 e. The number of hydrogen-bond donors (Lipinski definition) is 1. The summed E-state index contributed by atoms with van der Waals surface area (Å²) >= 11 is 0. The molecule has 1 aliphatic carbocycles. The van der Waals surface area contributed by atoms with Crippen LogP contribution < -0.4 is 10.1 Å². The average Bonchev–Trinajstić information content (AvgIpc) is 3.03. The Morgan fingerprint density at radius 2 is 2.00 bits per heavy atom. The molecule has 0 unspecified atom stereocenters. The number of carbonyl (C=O) groups is 1. The Hall–Kier alpha value is -1.55. The maximum atomic E-state index is 12.6. The van der Waals surface area contributed by atoms with Gasteiger partial charge in [0.15, 0.2) is 0 Å². The summed E-state index contributed by atoms with van der Waals surface area (Å²) in [5.41, 5.74) is 1.06. The first-order chi connectivity index (χ1) is 11.5. The van der Waals surface area contributed by atoms with E-state index in [0.717, 1.165) is 36.3 Å². The number of aryl methyl sites for hydroxylation is 1. The quantitative estimate of drug-likeness (QED) is 0.740. The van der Waals surface area contributed by atoms with Crippen molar-refractivity contribution in [1.29, 1.82) is 0 Å². The molecule has 0 saturated heterocycles. The van der Waals surface area contributed by atoms with Gasteiger partial charge in [0.25, 0.3) is 5.91 Å². The van der Waals surface area contributed by atoms with Crippen molar-refractivity contribution in [2.24, 2.45) is 0 Å². The predicted molar refractivity (Wildman–Crippen MR) is 97.6 cm³/mol. The molecule has 1 aromatic rings. The molecule has 0 bridgehead atoms. The Morgan fingerprint density at radius 1 is 1.29 bits per heavy atom. The Balaban J connectivity index is 2.03. The highest BCUT2D eigenvalue weighted by Gasteiger charge is 2.33. The molecule has 4 nitrogen and oxygen atoms in total. The number of ether oxygens (including phenoxy) is 2. The van der Waals surface area contributed by atoms with Gasteiger partial charge in [0.1, 0.15) is 11.4 Å². The third-order valence-electron chi connectivity index (χ3n) is 4.70. The summed E-state index contributed by atoms with van der Waals surface area (Å²) < 4.78 is 11.8. The van der Waals surface area contributed by atoms with Gasteiger partial charge in [0, 0.05) is 12.3 Å². The van der Waals surface area contributed by atoms with Crippen LogP contribution in [0.4, 0.5) is 5.69 Å². The van der Waals surface area contributed by atoms with Crippen molar-refractivity contribution >= 4 is 11.6 Å². The zero-order valence-corrected chi connectivity index (χ0v) is 15.5. The summed E-state index contributed by atoms with van der Waals surface area (Å²) in [4.78, 5) is 12.6. The summed E-state index contributed by atoms with van der Waals surface area (Å²) in [5.74, 6) is 0.830. The highest BCUT2D eigenvalue weighted by Crippen LogP contribution is 2.29. The summed E-state index contributed by atoms with van der Waals surface area (Å²) in [6.45, 7) is 8.38. The fourth-order valence-electron chi connectivity index (χ4n) is 3.36. The van der Waals surface area contributed by atoms with E-state index in [4.69, 9.17) is 9.47 Å². The van der Waals surface area contributed by atoms with Crippen LogP contribution in [0.2, 0.25) is 0 Å². The third-order valence-corrected chi connectivity index (χ3v) is 4.70. The number of nitrogens with one attached hydrogen (secondary N) is 1.